The molecule has 1 fully saturated rings. The summed E-state index contributed by atoms with van der Waals surface area (Å²) in [6.45, 7) is 0.0689. The summed E-state index contributed by atoms with van der Waals surface area (Å²) < 4.78 is 1.68. The predicted octanol–water partition coefficient (Wildman–Crippen LogP) is 0.0827. The number of benzene rings is 1. The summed E-state index contributed by atoms with van der Waals surface area (Å²) in [5.41, 5.74) is 1.60. The normalized spacial score (nSPS) is 21.9. The Morgan fingerprint density at radius 2 is 2.10 bits per heavy atom. The zero-order valence-corrected chi connectivity index (χ0v) is 11.2. The van der Waals surface area contributed by atoms with Crippen LogP contribution in [0.3, 0.4) is 0 Å². The van der Waals surface area contributed by atoms with Crippen LogP contribution < -0.4 is 0 Å². The molecule has 21 heavy (non-hydrogen) atoms. The minimum Gasteiger partial charge on any atom is -0.480 e. The Labute approximate surface area is 120 Å². The summed E-state index contributed by atoms with van der Waals surface area (Å²) in [6.07, 6.45) is 0.853. The average molecular weight is 289 g/mol. The maximum Gasteiger partial charge on any atom is 0.326 e. The zero-order valence-electron chi connectivity index (χ0n) is 11.2. The van der Waals surface area contributed by atoms with E-state index in [4.69, 9.17) is 5.11 Å². The van der Waals surface area contributed by atoms with Crippen LogP contribution in [-0.2, 0) is 16.1 Å². The van der Waals surface area contributed by atoms with Crippen LogP contribution in [0.25, 0.3) is 11.0 Å². The standard InChI is InChI=1S/C14H15N3O4/c18-9-5-12(14(20)21)17(6-9)13(19)7-16-8-15-10-3-1-2-4-11(10)16/h1-4,8-9,12,18H,5-7H2,(H,20,21)/t9-,12-/m0/s1. The van der Waals surface area contributed by atoms with Gasteiger partial charge in [-0.3, -0.25) is 4.79 Å². The highest BCUT2D eigenvalue weighted by molar-refractivity contribution is 5.85. The number of fused-ring (bicyclic) bond motifs is 1. The Balaban J connectivity index is 1.81. The van der Waals surface area contributed by atoms with Crippen LogP contribution in [0, 0.1) is 0 Å². The minimum absolute atomic E-state index is 0.0109. The molecule has 0 spiro atoms. The van der Waals surface area contributed by atoms with Gasteiger partial charge in [0.05, 0.1) is 23.5 Å². The number of hydrogen-bond donors (Lipinski definition) is 2. The number of rotatable bonds is 3. The Morgan fingerprint density at radius 1 is 1.33 bits per heavy atom. The third-order valence-electron chi connectivity index (χ3n) is 3.72. The van der Waals surface area contributed by atoms with Crippen LogP contribution in [-0.4, -0.2) is 55.2 Å². The lowest BCUT2D eigenvalue weighted by Gasteiger charge is -2.21. The fourth-order valence-corrected chi connectivity index (χ4v) is 2.70. The number of aliphatic hydroxyl groups excluding tert-OH is 1. The first-order chi connectivity index (χ1) is 10.1. The van der Waals surface area contributed by atoms with Gasteiger partial charge in [-0.2, -0.15) is 0 Å². The molecule has 1 aliphatic heterocycles. The van der Waals surface area contributed by atoms with E-state index in [0.29, 0.717) is 0 Å². The summed E-state index contributed by atoms with van der Waals surface area (Å²) >= 11 is 0. The third kappa shape index (κ3) is 2.47. The van der Waals surface area contributed by atoms with Crippen molar-refractivity contribution in [2.75, 3.05) is 6.54 Å². The van der Waals surface area contributed by atoms with Crippen LogP contribution in [0.4, 0.5) is 0 Å². The van der Waals surface area contributed by atoms with Crippen LogP contribution in [0.15, 0.2) is 30.6 Å². The topological polar surface area (TPSA) is 95.7 Å². The Morgan fingerprint density at radius 3 is 2.86 bits per heavy atom. The zero-order chi connectivity index (χ0) is 15.0. The summed E-state index contributed by atoms with van der Waals surface area (Å²) in [6, 6.07) is 6.45. The first kappa shape index (κ1) is 13.6. The van der Waals surface area contributed by atoms with Gasteiger partial charge < -0.3 is 19.7 Å². The molecule has 7 heteroatoms. The van der Waals surface area contributed by atoms with E-state index >= 15 is 0 Å². The molecule has 1 aromatic heterocycles. The summed E-state index contributed by atoms with van der Waals surface area (Å²) in [7, 11) is 0. The number of carboxylic acid groups (broad SMARTS) is 1. The number of carbonyl (C=O) groups excluding carboxylic acids is 1. The molecule has 1 aromatic carbocycles. The van der Waals surface area contributed by atoms with Crippen molar-refractivity contribution in [1.82, 2.24) is 14.5 Å². The van der Waals surface area contributed by atoms with E-state index in [9.17, 15) is 14.7 Å². The van der Waals surface area contributed by atoms with Gasteiger partial charge in [0.2, 0.25) is 5.91 Å². The molecule has 0 aliphatic carbocycles. The quantitative estimate of drug-likeness (QED) is 0.834. The number of amides is 1. The number of para-hydroxylation sites is 2. The molecule has 1 saturated heterocycles. The van der Waals surface area contributed by atoms with Crippen LogP contribution in [0.1, 0.15) is 6.42 Å². The molecule has 1 amide bonds. The van der Waals surface area contributed by atoms with E-state index < -0.39 is 18.1 Å². The highest BCUT2D eigenvalue weighted by atomic mass is 16.4. The molecule has 7 nitrogen and oxygen atoms in total. The number of aliphatic carboxylic acids is 1. The number of nitrogens with zero attached hydrogens (tertiary/aromatic N) is 3. The highest BCUT2D eigenvalue weighted by Gasteiger charge is 2.38. The highest BCUT2D eigenvalue weighted by Crippen LogP contribution is 2.19. The van der Waals surface area contributed by atoms with Gasteiger partial charge in [-0.25, -0.2) is 9.78 Å². The van der Waals surface area contributed by atoms with Gasteiger partial charge in [0.25, 0.3) is 0 Å². The largest absolute Gasteiger partial charge is 0.480 e. The van der Waals surface area contributed by atoms with Gasteiger partial charge in [0.15, 0.2) is 0 Å². The second-order valence-electron chi connectivity index (χ2n) is 5.15. The Hall–Kier alpha value is -2.41. The van der Waals surface area contributed by atoms with E-state index in [-0.39, 0.29) is 25.4 Å². The second-order valence-corrected chi connectivity index (χ2v) is 5.15. The predicted molar refractivity (Wildman–Crippen MR) is 73.5 cm³/mol. The molecular weight excluding hydrogens is 274 g/mol. The maximum absolute atomic E-state index is 12.3. The lowest BCUT2D eigenvalue weighted by molar-refractivity contribution is -0.148. The third-order valence-corrected chi connectivity index (χ3v) is 3.72. The first-order valence-electron chi connectivity index (χ1n) is 6.66. The first-order valence-corrected chi connectivity index (χ1v) is 6.66. The number of aliphatic hydroxyl groups is 1. The van der Waals surface area contributed by atoms with E-state index in [1.165, 1.54) is 4.90 Å². The van der Waals surface area contributed by atoms with E-state index in [2.05, 4.69) is 4.98 Å². The Kier molecular flexibility index (Phi) is 3.34. The molecule has 0 saturated carbocycles. The van der Waals surface area contributed by atoms with Gasteiger partial charge in [0.1, 0.15) is 12.6 Å². The van der Waals surface area contributed by atoms with Crippen molar-refractivity contribution in [1.29, 1.82) is 0 Å². The molecule has 2 atom stereocenters. The summed E-state index contributed by atoms with van der Waals surface area (Å²) in [5, 5.41) is 18.7. The minimum atomic E-state index is -1.09. The molecular formula is C14H15N3O4. The number of imidazole rings is 1. The molecule has 1 aliphatic rings. The maximum atomic E-state index is 12.3. The Bertz CT molecular complexity index is 696. The smallest absolute Gasteiger partial charge is 0.326 e. The summed E-state index contributed by atoms with van der Waals surface area (Å²) in [5.74, 6) is -1.42. The molecule has 110 valence electrons. The van der Waals surface area contributed by atoms with Crippen LogP contribution >= 0.6 is 0 Å². The number of β-amino-alcohol motifs (C(OH)–C–C–N with tert-alkyl or cyclic N) is 1. The van der Waals surface area contributed by atoms with Crippen molar-refractivity contribution in [3.8, 4) is 0 Å². The van der Waals surface area contributed by atoms with Crippen molar-refractivity contribution in [3.63, 3.8) is 0 Å². The number of carbonyl (C=O) groups is 2. The summed E-state index contributed by atoms with van der Waals surface area (Å²) in [4.78, 5) is 28.9. The van der Waals surface area contributed by atoms with E-state index in [1.54, 1.807) is 10.9 Å². The van der Waals surface area contributed by atoms with Gasteiger partial charge in [-0.1, -0.05) is 12.1 Å². The lowest BCUT2D eigenvalue weighted by Crippen LogP contribution is -2.42. The van der Waals surface area contributed by atoms with Gasteiger partial charge in [-0.05, 0) is 12.1 Å². The van der Waals surface area contributed by atoms with Gasteiger partial charge >= 0.3 is 5.97 Å². The van der Waals surface area contributed by atoms with Crippen molar-refractivity contribution >= 4 is 22.9 Å². The number of hydrogen-bond acceptors (Lipinski definition) is 4. The van der Waals surface area contributed by atoms with Crippen molar-refractivity contribution in [2.45, 2.75) is 25.1 Å². The lowest BCUT2D eigenvalue weighted by atomic mass is 10.2. The van der Waals surface area contributed by atoms with Crippen LogP contribution in [0.2, 0.25) is 0 Å². The molecule has 0 radical (unpaired) electrons. The molecule has 3 rings (SSSR count). The van der Waals surface area contributed by atoms with Crippen molar-refractivity contribution in [3.05, 3.63) is 30.6 Å². The van der Waals surface area contributed by atoms with Crippen LogP contribution in [0.5, 0.6) is 0 Å². The fraction of sp³-hybridized carbons (Fsp3) is 0.357. The molecule has 0 unspecified atom stereocenters. The van der Waals surface area contributed by atoms with Gasteiger partial charge in [-0.15, -0.1) is 0 Å². The van der Waals surface area contributed by atoms with E-state index in [1.807, 2.05) is 24.3 Å². The number of aromatic nitrogens is 2. The molecule has 2 aromatic rings. The van der Waals surface area contributed by atoms with E-state index in [0.717, 1.165) is 11.0 Å². The second kappa shape index (κ2) is 5.17. The number of likely N-dealkylation sites (tertiary alicyclic amines) is 1. The SMILES string of the molecule is O=C(O)[C@@H]1C[C@H](O)CN1C(=O)Cn1cnc2ccccc21. The van der Waals surface area contributed by atoms with Crippen molar-refractivity contribution in [2.24, 2.45) is 0 Å². The fourth-order valence-electron chi connectivity index (χ4n) is 2.70. The average Bonchev–Trinajstić information content (AvgIpc) is 3.03. The molecule has 2 heterocycles. The van der Waals surface area contributed by atoms with Crippen molar-refractivity contribution < 1.29 is 19.8 Å². The number of carboxylic acids is 1. The molecule has 2 N–H and O–H groups in total. The monoisotopic (exact) mass is 289 g/mol. The molecule has 0 bridgehead atoms. The van der Waals surface area contributed by atoms with Gasteiger partial charge in [0, 0.05) is 13.0 Å².